The number of nitrogens with one attached hydrogen (secondary N) is 1. The van der Waals surface area contributed by atoms with Gasteiger partial charge >= 0.3 is 5.97 Å². The number of carboxylic acids is 1. The standard InChI is InChI=1S/C32H38ClNO7S/c1-19-28(24(31(35)36)18-41-32(3,4)5)27(22-13-14-26-21(16-22)11-9-15-39-26)20(2)30(29(19)34-42(6,37)38)40-17-23-10-7-8-12-25(23)33/h7-8,10,12-14,16,24,34H,9,11,15,17-18H2,1-6H3,(H,35,36). The molecule has 4 rings (SSSR count). The summed E-state index contributed by atoms with van der Waals surface area (Å²) in [7, 11) is -3.77. The van der Waals surface area contributed by atoms with Gasteiger partial charge in [-0.3, -0.25) is 9.52 Å². The zero-order valence-corrected chi connectivity index (χ0v) is 26.4. The first-order chi connectivity index (χ1) is 19.7. The van der Waals surface area contributed by atoms with Gasteiger partial charge in [-0.1, -0.05) is 35.9 Å². The van der Waals surface area contributed by atoms with E-state index < -0.39 is 27.5 Å². The van der Waals surface area contributed by atoms with Crippen molar-refractivity contribution in [2.24, 2.45) is 0 Å². The minimum Gasteiger partial charge on any atom is -0.493 e. The monoisotopic (exact) mass is 615 g/mol. The van der Waals surface area contributed by atoms with E-state index in [0.29, 0.717) is 39.6 Å². The number of anilines is 1. The number of halogens is 1. The maximum absolute atomic E-state index is 12.8. The number of fused-ring (bicyclic) bond motifs is 1. The number of aliphatic carboxylic acids is 1. The van der Waals surface area contributed by atoms with Crippen molar-refractivity contribution >= 4 is 33.3 Å². The Morgan fingerprint density at radius 1 is 1.14 bits per heavy atom. The van der Waals surface area contributed by atoms with Crippen molar-refractivity contribution in [1.29, 1.82) is 0 Å². The van der Waals surface area contributed by atoms with Gasteiger partial charge in [-0.15, -0.1) is 0 Å². The van der Waals surface area contributed by atoms with Crippen molar-refractivity contribution in [1.82, 2.24) is 0 Å². The van der Waals surface area contributed by atoms with Crippen molar-refractivity contribution in [3.05, 3.63) is 75.3 Å². The highest BCUT2D eigenvalue weighted by atomic mass is 35.5. The van der Waals surface area contributed by atoms with Crippen LogP contribution in [0.15, 0.2) is 42.5 Å². The Bertz CT molecular complexity index is 1600. The molecule has 3 aromatic rings. The molecule has 0 saturated carbocycles. The topological polar surface area (TPSA) is 111 Å². The van der Waals surface area contributed by atoms with E-state index in [1.807, 2.05) is 64.1 Å². The summed E-state index contributed by atoms with van der Waals surface area (Å²) in [5, 5.41) is 11.0. The van der Waals surface area contributed by atoms with Crippen LogP contribution in [-0.4, -0.2) is 44.6 Å². The summed E-state index contributed by atoms with van der Waals surface area (Å²) in [4.78, 5) is 12.8. The smallest absolute Gasteiger partial charge is 0.313 e. The molecule has 0 aliphatic carbocycles. The number of rotatable bonds is 10. The lowest BCUT2D eigenvalue weighted by Crippen LogP contribution is -2.28. The summed E-state index contributed by atoms with van der Waals surface area (Å²) in [6.45, 7) is 9.70. The van der Waals surface area contributed by atoms with Gasteiger partial charge in [0.2, 0.25) is 10.0 Å². The highest BCUT2D eigenvalue weighted by Gasteiger charge is 2.33. The number of sulfonamides is 1. The van der Waals surface area contributed by atoms with Crippen LogP contribution in [0.25, 0.3) is 11.1 Å². The van der Waals surface area contributed by atoms with E-state index in [1.165, 1.54) is 0 Å². The molecule has 2 N–H and O–H groups in total. The van der Waals surface area contributed by atoms with Crippen LogP contribution in [-0.2, 0) is 32.6 Å². The zero-order chi connectivity index (χ0) is 30.8. The van der Waals surface area contributed by atoms with E-state index in [1.54, 1.807) is 13.0 Å². The van der Waals surface area contributed by atoms with Gasteiger partial charge in [0, 0.05) is 16.1 Å². The summed E-state index contributed by atoms with van der Waals surface area (Å²) in [5.41, 5.74) is 4.26. The molecule has 1 unspecified atom stereocenters. The van der Waals surface area contributed by atoms with Gasteiger partial charge in [0.15, 0.2) is 0 Å². The van der Waals surface area contributed by atoms with Gasteiger partial charge in [-0.2, -0.15) is 0 Å². The summed E-state index contributed by atoms with van der Waals surface area (Å²) in [6, 6.07) is 13.1. The number of benzene rings is 3. The van der Waals surface area contributed by atoms with Gasteiger partial charge in [0.25, 0.3) is 0 Å². The quantitative estimate of drug-likeness (QED) is 0.256. The van der Waals surface area contributed by atoms with Crippen LogP contribution in [0.2, 0.25) is 5.02 Å². The average molecular weight is 616 g/mol. The van der Waals surface area contributed by atoms with E-state index in [-0.39, 0.29) is 18.9 Å². The Morgan fingerprint density at radius 2 is 1.86 bits per heavy atom. The number of hydrogen-bond donors (Lipinski definition) is 2. The number of carboxylic acid groups (broad SMARTS) is 1. The third-order valence-electron chi connectivity index (χ3n) is 7.14. The maximum atomic E-state index is 12.8. The highest BCUT2D eigenvalue weighted by Crippen LogP contribution is 2.47. The number of carbonyl (C=O) groups is 1. The number of ether oxygens (including phenoxy) is 3. The minimum absolute atomic E-state index is 0.0741. The van der Waals surface area contributed by atoms with E-state index in [9.17, 15) is 18.3 Å². The van der Waals surface area contributed by atoms with Crippen molar-refractivity contribution < 1.29 is 32.5 Å². The van der Waals surface area contributed by atoms with Crippen molar-refractivity contribution in [3.63, 3.8) is 0 Å². The summed E-state index contributed by atoms with van der Waals surface area (Å²) in [6.07, 6.45) is 2.76. The summed E-state index contributed by atoms with van der Waals surface area (Å²) in [5.74, 6) is -1.08. The second-order valence-corrected chi connectivity index (χ2v) is 13.7. The van der Waals surface area contributed by atoms with Gasteiger partial charge < -0.3 is 19.3 Å². The molecule has 1 aliphatic rings. The molecule has 1 atom stereocenters. The molecule has 3 aromatic carbocycles. The molecular weight excluding hydrogens is 578 g/mol. The van der Waals surface area contributed by atoms with Crippen molar-refractivity contribution in [2.75, 3.05) is 24.2 Å². The summed E-state index contributed by atoms with van der Waals surface area (Å²) >= 11 is 6.39. The number of hydrogen-bond acceptors (Lipinski definition) is 6. The molecule has 0 radical (unpaired) electrons. The molecule has 0 bridgehead atoms. The fourth-order valence-corrected chi connectivity index (χ4v) is 5.99. The molecule has 0 saturated heterocycles. The normalized spacial score (nSPS) is 14.1. The highest BCUT2D eigenvalue weighted by molar-refractivity contribution is 7.92. The molecular formula is C32H38ClNO7S. The molecule has 1 aliphatic heterocycles. The molecule has 226 valence electrons. The van der Waals surface area contributed by atoms with E-state index >= 15 is 0 Å². The Morgan fingerprint density at radius 3 is 2.50 bits per heavy atom. The van der Waals surface area contributed by atoms with Gasteiger partial charge in [-0.05, 0) is 93.5 Å². The molecule has 0 aromatic heterocycles. The number of aryl methyl sites for hydroxylation is 1. The zero-order valence-electron chi connectivity index (χ0n) is 24.8. The Kier molecular flexibility index (Phi) is 9.45. The molecule has 0 amide bonds. The van der Waals surface area contributed by atoms with Gasteiger partial charge in [0.05, 0.1) is 30.8 Å². The average Bonchev–Trinajstić information content (AvgIpc) is 2.90. The van der Waals surface area contributed by atoms with Crippen LogP contribution >= 0.6 is 11.6 Å². The van der Waals surface area contributed by atoms with Crippen molar-refractivity contribution in [3.8, 4) is 22.6 Å². The first-order valence-electron chi connectivity index (χ1n) is 13.8. The Labute approximate surface area is 253 Å². The Hall–Kier alpha value is -3.27. The van der Waals surface area contributed by atoms with Crippen LogP contribution in [0, 0.1) is 13.8 Å². The van der Waals surface area contributed by atoms with Crippen LogP contribution in [0.4, 0.5) is 5.69 Å². The lowest BCUT2D eigenvalue weighted by atomic mass is 9.82. The lowest BCUT2D eigenvalue weighted by molar-refractivity contribution is -0.141. The van der Waals surface area contributed by atoms with E-state index in [0.717, 1.165) is 41.5 Å². The van der Waals surface area contributed by atoms with E-state index in [2.05, 4.69) is 4.72 Å². The molecule has 0 spiro atoms. The van der Waals surface area contributed by atoms with E-state index in [4.69, 9.17) is 25.8 Å². The summed E-state index contributed by atoms with van der Waals surface area (Å²) < 4.78 is 45.9. The molecule has 0 fully saturated rings. The first kappa shape index (κ1) is 31.7. The largest absolute Gasteiger partial charge is 0.493 e. The lowest BCUT2D eigenvalue weighted by Gasteiger charge is -2.29. The van der Waals surface area contributed by atoms with Crippen LogP contribution < -0.4 is 14.2 Å². The van der Waals surface area contributed by atoms with Crippen LogP contribution in [0.3, 0.4) is 0 Å². The fraction of sp³-hybridized carbons (Fsp3) is 0.406. The Balaban J connectivity index is 2.00. The second-order valence-electron chi connectivity index (χ2n) is 11.6. The third kappa shape index (κ3) is 7.38. The van der Waals surface area contributed by atoms with Crippen molar-refractivity contribution in [2.45, 2.75) is 65.6 Å². The second kappa shape index (κ2) is 12.5. The van der Waals surface area contributed by atoms with Crippen LogP contribution in [0.5, 0.6) is 11.5 Å². The molecule has 42 heavy (non-hydrogen) atoms. The molecule has 8 nitrogen and oxygen atoms in total. The predicted molar refractivity (Wildman–Crippen MR) is 166 cm³/mol. The van der Waals surface area contributed by atoms with Gasteiger partial charge in [0.1, 0.15) is 24.0 Å². The first-order valence-corrected chi connectivity index (χ1v) is 16.1. The van der Waals surface area contributed by atoms with Gasteiger partial charge in [-0.25, -0.2) is 8.42 Å². The predicted octanol–water partition coefficient (Wildman–Crippen LogP) is 6.88. The molecule has 10 heteroatoms. The SMILES string of the molecule is Cc1c(OCc2ccccc2Cl)c(NS(C)(=O)=O)c(C)c(C(COC(C)(C)C)C(=O)O)c1-c1ccc2c(c1)CCCO2. The molecule has 1 heterocycles. The fourth-order valence-electron chi connectivity index (χ4n) is 5.18. The third-order valence-corrected chi connectivity index (χ3v) is 8.08. The van der Waals surface area contributed by atoms with Crippen LogP contribution in [0.1, 0.15) is 60.9 Å². The minimum atomic E-state index is -3.77. The maximum Gasteiger partial charge on any atom is 0.313 e.